The zero-order valence-corrected chi connectivity index (χ0v) is 12.3. The number of likely N-dealkylation sites (N-methyl/N-ethyl adjacent to an activating group) is 1. The fraction of sp³-hybridized carbons (Fsp3) is 0.286. The number of benzene rings is 1. The van der Waals surface area contributed by atoms with E-state index in [9.17, 15) is 18.8 Å². The number of rotatable bonds is 4. The first kappa shape index (κ1) is 14.9. The lowest BCUT2D eigenvalue weighted by Gasteiger charge is -2.19. The molecule has 1 fully saturated rings. The van der Waals surface area contributed by atoms with Gasteiger partial charge in [-0.15, -0.1) is 0 Å². The van der Waals surface area contributed by atoms with E-state index in [1.165, 1.54) is 24.1 Å². The molecule has 1 aliphatic heterocycles. The summed E-state index contributed by atoms with van der Waals surface area (Å²) in [6.45, 7) is -0.264. The number of hydrogen-bond donors (Lipinski definition) is 2. The van der Waals surface area contributed by atoms with Gasteiger partial charge in [0.15, 0.2) is 0 Å². The van der Waals surface area contributed by atoms with Gasteiger partial charge in [0.2, 0.25) is 5.91 Å². The maximum Gasteiger partial charge on any atom is 0.325 e. The van der Waals surface area contributed by atoms with E-state index >= 15 is 0 Å². The molecule has 23 heavy (non-hydrogen) atoms. The van der Waals surface area contributed by atoms with E-state index in [-0.39, 0.29) is 25.5 Å². The minimum atomic E-state index is -0.573. The van der Waals surface area contributed by atoms with Crippen LogP contribution in [0.4, 0.5) is 9.18 Å². The van der Waals surface area contributed by atoms with Crippen molar-refractivity contribution in [2.45, 2.75) is 6.54 Å². The summed E-state index contributed by atoms with van der Waals surface area (Å²) >= 11 is 0. The molecular weight excluding hydrogens is 305 g/mol. The monoisotopic (exact) mass is 319 g/mol. The summed E-state index contributed by atoms with van der Waals surface area (Å²) in [6, 6.07) is 3.59. The van der Waals surface area contributed by atoms with Gasteiger partial charge < -0.3 is 15.2 Å². The molecular formula is C14H14FN5O3. The molecule has 0 saturated carbocycles. The lowest BCUT2D eigenvalue weighted by atomic mass is 10.3. The van der Waals surface area contributed by atoms with Crippen LogP contribution in [0.2, 0.25) is 0 Å². The number of imide groups is 1. The van der Waals surface area contributed by atoms with Gasteiger partial charge in [0, 0.05) is 7.05 Å². The molecule has 1 aromatic heterocycles. The van der Waals surface area contributed by atoms with Crippen molar-refractivity contribution in [3.05, 3.63) is 29.8 Å². The molecule has 2 N–H and O–H groups in total. The molecule has 0 unspecified atom stereocenters. The normalized spacial score (nSPS) is 14.4. The maximum absolute atomic E-state index is 13.1. The zero-order valence-electron chi connectivity index (χ0n) is 12.3. The highest BCUT2D eigenvalue weighted by atomic mass is 19.1. The quantitative estimate of drug-likeness (QED) is 0.787. The van der Waals surface area contributed by atoms with Crippen molar-refractivity contribution < 1.29 is 18.8 Å². The van der Waals surface area contributed by atoms with Gasteiger partial charge >= 0.3 is 6.03 Å². The third-order valence-electron chi connectivity index (χ3n) is 3.54. The Hall–Kier alpha value is -2.97. The zero-order chi connectivity index (χ0) is 16.6. The van der Waals surface area contributed by atoms with Gasteiger partial charge in [0.1, 0.15) is 18.2 Å². The molecule has 1 aromatic carbocycles. The largest absolute Gasteiger partial charge is 0.340 e. The second-order valence-electron chi connectivity index (χ2n) is 5.23. The number of halogens is 1. The Kier molecular flexibility index (Phi) is 3.68. The summed E-state index contributed by atoms with van der Waals surface area (Å²) < 4.78 is 13.1. The fourth-order valence-corrected chi connectivity index (χ4v) is 2.29. The molecule has 9 heteroatoms. The van der Waals surface area contributed by atoms with Crippen LogP contribution < -0.4 is 5.32 Å². The first-order valence-electron chi connectivity index (χ1n) is 6.90. The molecule has 0 atom stereocenters. The lowest BCUT2D eigenvalue weighted by molar-refractivity contribution is -0.136. The van der Waals surface area contributed by atoms with Gasteiger partial charge in [-0.05, 0) is 18.2 Å². The van der Waals surface area contributed by atoms with E-state index in [0.29, 0.717) is 16.9 Å². The van der Waals surface area contributed by atoms with E-state index in [1.807, 2.05) is 0 Å². The highest BCUT2D eigenvalue weighted by molar-refractivity contribution is 6.04. The average molecular weight is 319 g/mol. The molecule has 2 heterocycles. The predicted molar refractivity (Wildman–Crippen MR) is 77.6 cm³/mol. The van der Waals surface area contributed by atoms with E-state index in [1.54, 1.807) is 6.07 Å². The van der Waals surface area contributed by atoms with Crippen molar-refractivity contribution >= 4 is 28.9 Å². The number of urea groups is 1. The van der Waals surface area contributed by atoms with Crippen LogP contribution in [0, 0.1) is 5.82 Å². The molecule has 3 rings (SSSR count). The number of carbonyl (C=O) groups excluding carboxylic acids is 3. The lowest BCUT2D eigenvalue weighted by Crippen LogP contribution is -2.41. The van der Waals surface area contributed by atoms with Crippen LogP contribution in [-0.4, -0.2) is 57.8 Å². The summed E-state index contributed by atoms with van der Waals surface area (Å²) in [4.78, 5) is 44.4. The Bertz CT molecular complexity index is 787. The van der Waals surface area contributed by atoms with Crippen molar-refractivity contribution in [3.8, 4) is 0 Å². The van der Waals surface area contributed by atoms with Crippen molar-refractivity contribution in [3.63, 3.8) is 0 Å². The number of nitrogens with one attached hydrogen (secondary N) is 2. The van der Waals surface area contributed by atoms with Crippen molar-refractivity contribution in [2.24, 2.45) is 0 Å². The van der Waals surface area contributed by atoms with Crippen LogP contribution in [0.1, 0.15) is 5.82 Å². The second kappa shape index (κ2) is 5.67. The summed E-state index contributed by atoms with van der Waals surface area (Å²) in [5, 5.41) is 2.35. The van der Waals surface area contributed by atoms with Crippen LogP contribution in [0.5, 0.6) is 0 Å². The molecule has 1 saturated heterocycles. The standard InChI is InChI=1S/C14H14FN5O3/c1-19(13(22)7-20-12(21)5-16-14(20)23)6-11-17-9-3-2-8(15)4-10(9)18-11/h2-4H,5-7H2,1H3,(H,16,23)(H,17,18). The minimum Gasteiger partial charge on any atom is -0.340 e. The smallest absolute Gasteiger partial charge is 0.325 e. The molecule has 2 aromatic rings. The highest BCUT2D eigenvalue weighted by Gasteiger charge is 2.31. The first-order chi connectivity index (χ1) is 10.9. The maximum atomic E-state index is 13.1. The Morgan fingerprint density at radius 3 is 2.91 bits per heavy atom. The van der Waals surface area contributed by atoms with Crippen LogP contribution in [0.3, 0.4) is 0 Å². The van der Waals surface area contributed by atoms with E-state index < -0.39 is 17.8 Å². The van der Waals surface area contributed by atoms with Crippen molar-refractivity contribution in [1.82, 2.24) is 25.1 Å². The van der Waals surface area contributed by atoms with Crippen LogP contribution in [0.15, 0.2) is 18.2 Å². The van der Waals surface area contributed by atoms with Crippen LogP contribution in [0.25, 0.3) is 11.0 Å². The van der Waals surface area contributed by atoms with Crippen LogP contribution >= 0.6 is 0 Å². The van der Waals surface area contributed by atoms with E-state index in [0.717, 1.165) is 4.90 Å². The second-order valence-corrected chi connectivity index (χ2v) is 5.23. The van der Waals surface area contributed by atoms with Gasteiger partial charge in [-0.3, -0.25) is 14.5 Å². The highest BCUT2D eigenvalue weighted by Crippen LogP contribution is 2.14. The molecule has 0 radical (unpaired) electrons. The number of fused-ring (bicyclic) bond motifs is 1. The Labute approximate surface area is 130 Å². The van der Waals surface area contributed by atoms with E-state index in [4.69, 9.17) is 0 Å². The molecule has 120 valence electrons. The molecule has 8 nitrogen and oxygen atoms in total. The van der Waals surface area contributed by atoms with Gasteiger partial charge in [-0.25, -0.2) is 14.2 Å². The van der Waals surface area contributed by atoms with Gasteiger partial charge in [-0.1, -0.05) is 0 Å². The summed E-state index contributed by atoms with van der Waals surface area (Å²) in [5.74, 6) is -0.729. The number of imidazole rings is 1. The Morgan fingerprint density at radius 2 is 2.22 bits per heavy atom. The number of amides is 4. The average Bonchev–Trinajstić information content (AvgIpc) is 3.03. The number of hydrogen-bond acceptors (Lipinski definition) is 4. The number of aromatic nitrogens is 2. The summed E-state index contributed by atoms with van der Waals surface area (Å²) in [7, 11) is 1.54. The number of carbonyl (C=O) groups is 3. The molecule has 0 spiro atoms. The van der Waals surface area contributed by atoms with Crippen LogP contribution in [-0.2, 0) is 16.1 Å². The van der Waals surface area contributed by atoms with Crippen molar-refractivity contribution in [1.29, 1.82) is 0 Å². The Morgan fingerprint density at radius 1 is 1.43 bits per heavy atom. The molecule has 0 aliphatic carbocycles. The number of nitrogens with zero attached hydrogens (tertiary/aromatic N) is 3. The third-order valence-corrected chi connectivity index (χ3v) is 3.54. The molecule has 4 amide bonds. The SMILES string of the molecule is CN(Cc1nc2ccc(F)cc2[nH]1)C(=O)CN1C(=O)CNC1=O. The number of aromatic amines is 1. The third kappa shape index (κ3) is 2.98. The topological polar surface area (TPSA) is 98.4 Å². The summed E-state index contributed by atoms with van der Waals surface area (Å²) in [6.07, 6.45) is 0. The summed E-state index contributed by atoms with van der Waals surface area (Å²) in [5.41, 5.74) is 1.13. The molecule has 0 bridgehead atoms. The van der Waals surface area contributed by atoms with E-state index in [2.05, 4.69) is 15.3 Å². The number of H-pyrrole nitrogens is 1. The van der Waals surface area contributed by atoms with Crippen molar-refractivity contribution in [2.75, 3.05) is 20.1 Å². The predicted octanol–water partition coefficient (Wildman–Crippen LogP) is 0.212. The van der Waals surface area contributed by atoms with Gasteiger partial charge in [0.05, 0.1) is 24.1 Å². The minimum absolute atomic E-state index is 0.0923. The molecule has 1 aliphatic rings. The van der Waals surface area contributed by atoms with Gasteiger partial charge in [-0.2, -0.15) is 0 Å². The first-order valence-corrected chi connectivity index (χ1v) is 6.90. The fourth-order valence-electron chi connectivity index (χ4n) is 2.29. The van der Waals surface area contributed by atoms with Gasteiger partial charge in [0.25, 0.3) is 5.91 Å². The Balaban J connectivity index is 1.67.